The summed E-state index contributed by atoms with van der Waals surface area (Å²) in [5.74, 6) is 1.81. The zero-order chi connectivity index (χ0) is 17.6. The van der Waals surface area contributed by atoms with Crippen molar-refractivity contribution < 1.29 is 19.0 Å². The zero-order valence-electron chi connectivity index (χ0n) is 14.5. The predicted molar refractivity (Wildman–Crippen MR) is 93.8 cm³/mol. The number of benzene rings is 2. The van der Waals surface area contributed by atoms with Gasteiger partial charge in [0, 0.05) is 23.4 Å². The Morgan fingerprint density at radius 1 is 1.08 bits per heavy atom. The van der Waals surface area contributed by atoms with E-state index in [-0.39, 0.29) is 12.1 Å². The summed E-state index contributed by atoms with van der Waals surface area (Å²) in [5, 5.41) is 2.97. The van der Waals surface area contributed by atoms with E-state index >= 15 is 0 Å². The normalized spacial score (nSPS) is 17.8. The van der Waals surface area contributed by atoms with Gasteiger partial charge in [-0.25, -0.2) is 4.79 Å². The molecule has 0 spiro atoms. The zero-order valence-corrected chi connectivity index (χ0v) is 14.5. The van der Waals surface area contributed by atoms with Crippen molar-refractivity contribution in [2.24, 2.45) is 0 Å². The molecule has 1 atom stereocenters. The Morgan fingerprint density at radius 3 is 2.56 bits per heavy atom. The summed E-state index contributed by atoms with van der Waals surface area (Å²) in [5.41, 5.74) is 3.96. The number of nitrogens with zero attached hydrogens (tertiary/aromatic N) is 1. The van der Waals surface area contributed by atoms with Gasteiger partial charge >= 0.3 is 6.03 Å². The minimum atomic E-state index is -0.205. The van der Waals surface area contributed by atoms with Gasteiger partial charge in [-0.05, 0) is 24.1 Å². The second-order valence-electron chi connectivity index (χ2n) is 6.08. The van der Waals surface area contributed by atoms with Crippen LogP contribution in [0.25, 0.3) is 0 Å². The van der Waals surface area contributed by atoms with Gasteiger partial charge in [0.25, 0.3) is 0 Å². The molecule has 2 heterocycles. The predicted octanol–water partition coefficient (Wildman–Crippen LogP) is 3.21. The van der Waals surface area contributed by atoms with Crippen molar-refractivity contribution in [3.8, 4) is 17.2 Å². The Kier molecular flexibility index (Phi) is 3.67. The average molecular weight is 340 g/mol. The van der Waals surface area contributed by atoms with Crippen LogP contribution in [0, 0.1) is 0 Å². The maximum absolute atomic E-state index is 12.6. The molecule has 2 aromatic carbocycles. The highest BCUT2D eigenvalue weighted by Gasteiger charge is 2.40. The van der Waals surface area contributed by atoms with Gasteiger partial charge < -0.3 is 24.4 Å². The van der Waals surface area contributed by atoms with Crippen molar-refractivity contribution >= 4 is 11.7 Å². The van der Waals surface area contributed by atoms with E-state index < -0.39 is 0 Å². The summed E-state index contributed by atoms with van der Waals surface area (Å²) >= 11 is 0. The van der Waals surface area contributed by atoms with Crippen molar-refractivity contribution in [3.05, 3.63) is 47.0 Å². The standard InChI is InChI=1S/C19H20N2O4/c1-23-14-10-11-8-9-21-16(15(11)18(25-3)17(14)24-2)12-6-4-5-7-13(12)20-19(21)22/h4-7,10,16H,8-9H2,1-3H3,(H,20,22). The molecular formula is C19H20N2O4. The first-order chi connectivity index (χ1) is 12.2. The van der Waals surface area contributed by atoms with Crippen molar-refractivity contribution in [2.45, 2.75) is 12.5 Å². The molecule has 25 heavy (non-hydrogen) atoms. The third kappa shape index (κ3) is 2.21. The lowest BCUT2D eigenvalue weighted by Gasteiger charge is -2.42. The van der Waals surface area contributed by atoms with Crippen molar-refractivity contribution in [1.29, 1.82) is 0 Å². The van der Waals surface area contributed by atoms with E-state index in [1.807, 2.05) is 35.2 Å². The van der Waals surface area contributed by atoms with Gasteiger partial charge in [-0.2, -0.15) is 0 Å². The molecule has 0 bridgehead atoms. The molecule has 6 heteroatoms. The molecule has 2 amide bonds. The number of nitrogens with one attached hydrogen (secondary N) is 1. The van der Waals surface area contributed by atoms with Gasteiger partial charge in [0.2, 0.25) is 5.75 Å². The Bertz CT molecular complexity index is 850. The number of urea groups is 1. The molecule has 0 aliphatic carbocycles. The van der Waals surface area contributed by atoms with Crippen LogP contribution in [0.5, 0.6) is 17.2 Å². The number of hydrogen-bond donors (Lipinski definition) is 1. The number of anilines is 1. The monoisotopic (exact) mass is 340 g/mol. The molecule has 1 N–H and O–H groups in total. The molecule has 2 aliphatic heterocycles. The summed E-state index contributed by atoms with van der Waals surface area (Å²) in [7, 11) is 4.82. The van der Waals surface area contributed by atoms with Gasteiger partial charge in [0.15, 0.2) is 11.5 Å². The lowest BCUT2D eigenvalue weighted by Crippen LogP contribution is -2.46. The minimum Gasteiger partial charge on any atom is -0.493 e. The van der Waals surface area contributed by atoms with E-state index in [0.717, 1.165) is 28.8 Å². The molecule has 6 nitrogen and oxygen atoms in total. The summed E-state index contributed by atoms with van der Waals surface area (Å²) in [6, 6.07) is 9.56. The topological polar surface area (TPSA) is 60.0 Å². The molecule has 2 aromatic rings. The quantitative estimate of drug-likeness (QED) is 0.932. The molecule has 0 aromatic heterocycles. The van der Waals surface area contributed by atoms with Crippen LogP contribution < -0.4 is 19.5 Å². The van der Waals surface area contributed by atoms with Crippen molar-refractivity contribution in [3.63, 3.8) is 0 Å². The number of carbonyl (C=O) groups excluding carboxylic acids is 1. The van der Waals surface area contributed by atoms with Gasteiger partial charge in [0.1, 0.15) is 0 Å². The lowest BCUT2D eigenvalue weighted by atomic mass is 9.85. The van der Waals surface area contributed by atoms with Gasteiger partial charge in [-0.3, -0.25) is 0 Å². The van der Waals surface area contributed by atoms with Crippen molar-refractivity contribution in [1.82, 2.24) is 4.90 Å². The largest absolute Gasteiger partial charge is 0.493 e. The number of hydrogen-bond acceptors (Lipinski definition) is 4. The second-order valence-corrected chi connectivity index (χ2v) is 6.08. The van der Waals surface area contributed by atoms with Crippen LogP contribution in [0.15, 0.2) is 30.3 Å². The Morgan fingerprint density at radius 2 is 1.84 bits per heavy atom. The number of rotatable bonds is 3. The van der Waals surface area contributed by atoms with Gasteiger partial charge in [-0.1, -0.05) is 18.2 Å². The number of carbonyl (C=O) groups is 1. The first kappa shape index (κ1) is 15.6. The van der Waals surface area contributed by atoms with E-state index in [9.17, 15) is 4.79 Å². The highest BCUT2D eigenvalue weighted by Crippen LogP contribution is 2.51. The van der Waals surface area contributed by atoms with Crippen molar-refractivity contribution in [2.75, 3.05) is 33.2 Å². The fourth-order valence-corrected chi connectivity index (χ4v) is 3.84. The van der Waals surface area contributed by atoms with Crippen LogP contribution in [0.3, 0.4) is 0 Å². The highest BCUT2D eigenvalue weighted by molar-refractivity contribution is 5.94. The van der Waals surface area contributed by atoms with E-state index in [4.69, 9.17) is 14.2 Å². The fourth-order valence-electron chi connectivity index (χ4n) is 3.84. The van der Waals surface area contributed by atoms with Crippen LogP contribution in [-0.2, 0) is 6.42 Å². The van der Waals surface area contributed by atoms with Gasteiger partial charge in [0.05, 0.1) is 27.4 Å². The third-order valence-electron chi connectivity index (χ3n) is 4.92. The Labute approximate surface area is 146 Å². The number of fused-ring (bicyclic) bond motifs is 5. The first-order valence-corrected chi connectivity index (χ1v) is 8.17. The summed E-state index contributed by atoms with van der Waals surface area (Å²) in [6.45, 7) is 0.635. The maximum Gasteiger partial charge on any atom is 0.322 e. The third-order valence-corrected chi connectivity index (χ3v) is 4.92. The summed E-state index contributed by atoms with van der Waals surface area (Å²) < 4.78 is 16.7. The molecule has 0 saturated heterocycles. The van der Waals surface area contributed by atoms with Crippen LogP contribution in [0.4, 0.5) is 10.5 Å². The highest BCUT2D eigenvalue weighted by atomic mass is 16.5. The number of ether oxygens (including phenoxy) is 3. The molecule has 0 fully saturated rings. The van der Waals surface area contributed by atoms with E-state index in [1.54, 1.807) is 21.3 Å². The van der Waals surface area contributed by atoms with Crippen LogP contribution in [0.1, 0.15) is 22.7 Å². The molecule has 1 unspecified atom stereocenters. The number of methoxy groups -OCH3 is 3. The Hall–Kier alpha value is -2.89. The summed E-state index contributed by atoms with van der Waals surface area (Å²) in [6.07, 6.45) is 0.734. The van der Waals surface area contributed by atoms with Crippen LogP contribution in [0.2, 0.25) is 0 Å². The summed E-state index contributed by atoms with van der Waals surface area (Å²) in [4.78, 5) is 14.4. The molecule has 2 aliphatic rings. The van der Waals surface area contributed by atoms with E-state index in [2.05, 4.69) is 5.32 Å². The molecule has 0 radical (unpaired) electrons. The first-order valence-electron chi connectivity index (χ1n) is 8.17. The van der Waals surface area contributed by atoms with E-state index in [1.165, 1.54) is 0 Å². The van der Waals surface area contributed by atoms with Gasteiger partial charge in [-0.15, -0.1) is 0 Å². The molecule has 0 saturated carbocycles. The number of para-hydroxylation sites is 1. The molecular weight excluding hydrogens is 320 g/mol. The lowest BCUT2D eigenvalue weighted by molar-refractivity contribution is 0.188. The second kappa shape index (κ2) is 5.88. The Balaban J connectivity index is 2.00. The van der Waals surface area contributed by atoms with Crippen LogP contribution >= 0.6 is 0 Å². The fraction of sp³-hybridized carbons (Fsp3) is 0.316. The molecule has 4 rings (SSSR count). The minimum absolute atomic E-state index is 0.0915. The van der Waals surface area contributed by atoms with Crippen LogP contribution in [-0.4, -0.2) is 38.8 Å². The van der Waals surface area contributed by atoms with E-state index in [0.29, 0.717) is 23.8 Å². The SMILES string of the molecule is COc1cc2c(c(OC)c1OC)C1c3ccccc3NC(=O)N1CC2. The molecule has 130 valence electrons. The number of amides is 2. The smallest absolute Gasteiger partial charge is 0.322 e. The maximum atomic E-state index is 12.6. The average Bonchev–Trinajstić information content (AvgIpc) is 2.65.